The molecule has 28 heavy (non-hydrogen) atoms. The summed E-state index contributed by atoms with van der Waals surface area (Å²) < 4.78 is 23.7. The third kappa shape index (κ3) is 4.56. The van der Waals surface area contributed by atoms with Crippen LogP contribution in [-0.4, -0.2) is 25.2 Å². The number of hydrogen-bond donors (Lipinski definition) is 3. The molecule has 0 radical (unpaired) electrons. The van der Waals surface area contributed by atoms with Gasteiger partial charge in [0.2, 0.25) is 0 Å². The standard InChI is InChI=1S/C21H21FN4O2/c1-27-18-4-3-5-19(28-2)17(18)13-25-21(23)26-20-11-8-15(12-24-20)14-6-9-16(22)10-7-14/h3-12H,13H2,1-2H3,(H3,23,24,25,26). The van der Waals surface area contributed by atoms with Crippen molar-refractivity contribution in [3.63, 3.8) is 0 Å². The lowest BCUT2D eigenvalue weighted by atomic mass is 10.1. The van der Waals surface area contributed by atoms with Crippen molar-refractivity contribution in [2.24, 2.45) is 0 Å². The van der Waals surface area contributed by atoms with Crippen molar-refractivity contribution < 1.29 is 13.9 Å². The van der Waals surface area contributed by atoms with Crippen LogP contribution in [0.4, 0.5) is 10.2 Å². The van der Waals surface area contributed by atoms with Crippen molar-refractivity contribution in [2.75, 3.05) is 19.5 Å². The van der Waals surface area contributed by atoms with E-state index in [1.54, 1.807) is 38.6 Å². The van der Waals surface area contributed by atoms with Gasteiger partial charge in [0.15, 0.2) is 5.96 Å². The fourth-order valence-corrected chi connectivity index (χ4v) is 2.73. The Morgan fingerprint density at radius 3 is 2.18 bits per heavy atom. The SMILES string of the molecule is COc1cccc(OC)c1CNC(=N)Nc1ccc(-c2ccc(F)cc2)cn1. The molecule has 0 aliphatic carbocycles. The van der Waals surface area contributed by atoms with Crippen LogP contribution in [0.15, 0.2) is 60.8 Å². The van der Waals surface area contributed by atoms with Gasteiger partial charge in [0.05, 0.1) is 26.3 Å². The molecule has 0 aliphatic heterocycles. The van der Waals surface area contributed by atoms with Gasteiger partial charge in [-0.1, -0.05) is 18.2 Å². The highest BCUT2D eigenvalue weighted by atomic mass is 19.1. The van der Waals surface area contributed by atoms with Crippen molar-refractivity contribution in [2.45, 2.75) is 6.54 Å². The van der Waals surface area contributed by atoms with Gasteiger partial charge in [0.1, 0.15) is 23.1 Å². The second-order valence-electron chi connectivity index (χ2n) is 5.93. The average molecular weight is 380 g/mol. The molecule has 144 valence electrons. The number of nitrogens with zero attached hydrogens (tertiary/aromatic N) is 1. The maximum atomic E-state index is 13.0. The Balaban J connectivity index is 1.62. The summed E-state index contributed by atoms with van der Waals surface area (Å²) in [7, 11) is 3.18. The molecule has 1 heterocycles. The van der Waals surface area contributed by atoms with Crippen LogP contribution in [0.5, 0.6) is 11.5 Å². The highest BCUT2D eigenvalue weighted by molar-refractivity contribution is 5.90. The van der Waals surface area contributed by atoms with E-state index in [2.05, 4.69) is 15.6 Å². The molecule has 0 amide bonds. The van der Waals surface area contributed by atoms with Gasteiger partial charge in [-0.15, -0.1) is 0 Å². The minimum atomic E-state index is -0.277. The summed E-state index contributed by atoms with van der Waals surface area (Å²) in [5.41, 5.74) is 2.55. The molecule has 1 aromatic heterocycles. The van der Waals surface area contributed by atoms with Crippen LogP contribution in [0.25, 0.3) is 11.1 Å². The molecule has 0 saturated carbocycles. The van der Waals surface area contributed by atoms with E-state index in [0.29, 0.717) is 23.9 Å². The molecule has 0 spiro atoms. The number of guanidine groups is 1. The molecule has 6 nitrogen and oxygen atoms in total. The Kier molecular flexibility index (Phi) is 6.06. The predicted octanol–water partition coefficient (Wildman–Crippen LogP) is 4.04. The number of rotatable bonds is 6. The lowest BCUT2D eigenvalue weighted by molar-refractivity contribution is 0.384. The smallest absolute Gasteiger partial charge is 0.194 e. The summed E-state index contributed by atoms with van der Waals surface area (Å²) in [4.78, 5) is 4.30. The van der Waals surface area contributed by atoms with E-state index in [1.165, 1.54) is 12.1 Å². The first-order chi connectivity index (χ1) is 13.6. The molecule has 0 unspecified atom stereocenters. The first-order valence-electron chi connectivity index (χ1n) is 8.62. The van der Waals surface area contributed by atoms with E-state index in [-0.39, 0.29) is 11.8 Å². The zero-order valence-corrected chi connectivity index (χ0v) is 15.6. The van der Waals surface area contributed by atoms with Crippen LogP contribution in [0, 0.1) is 11.2 Å². The third-order valence-electron chi connectivity index (χ3n) is 4.17. The van der Waals surface area contributed by atoms with E-state index in [9.17, 15) is 4.39 Å². The number of methoxy groups -OCH3 is 2. The van der Waals surface area contributed by atoms with E-state index < -0.39 is 0 Å². The Bertz CT molecular complexity index is 921. The first kappa shape index (κ1) is 19.2. The van der Waals surface area contributed by atoms with Crippen molar-refractivity contribution in [3.05, 3.63) is 72.2 Å². The molecule has 3 N–H and O–H groups in total. The highest BCUT2D eigenvalue weighted by Gasteiger charge is 2.10. The van der Waals surface area contributed by atoms with Crippen molar-refractivity contribution in [1.82, 2.24) is 10.3 Å². The fourth-order valence-electron chi connectivity index (χ4n) is 2.73. The molecule has 7 heteroatoms. The molecule has 0 saturated heterocycles. The minimum Gasteiger partial charge on any atom is -0.496 e. The molecule has 0 atom stereocenters. The Morgan fingerprint density at radius 2 is 1.61 bits per heavy atom. The van der Waals surface area contributed by atoms with E-state index >= 15 is 0 Å². The summed E-state index contributed by atoms with van der Waals surface area (Å²) in [5, 5.41) is 14.0. The van der Waals surface area contributed by atoms with Crippen LogP contribution in [-0.2, 0) is 6.54 Å². The Labute approximate surface area is 162 Å². The summed E-state index contributed by atoms with van der Waals surface area (Å²) in [5.74, 6) is 1.70. The molecule has 0 bridgehead atoms. The van der Waals surface area contributed by atoms with Crippen molar-refractivity contribution in [3.8, 4) is 22.6 Å². The number of pyridine rings is 1. The molecular formula is C21H21FN4O2. The topological polar surface area (TPSA) is 79.3 Å². The van der Waals surface area contributed by atoms with Gasteiger partial charge in [-0.2, -0.15) is 0 Å². The van der Waals surface area contributed by atoms with Gasteiger partial charge in [0, 0.05) is 11.8 Å². The third-order valence-corrected chi connectivity index (χ3v) is 4.17. The van der Waals surface area contributed by atoms with Gasteiger partial charge in [-0.05, 0) is 42.0 Å². The molecular weight excluding hydrogens is 359 g/mol. The van der Waals surface area contributed by atoms with E-state index in [4.69, 9.17) is 14.9 Å². The number of nitrogens with one attached hydrogen (secondary N) is 3. The van der Waals surface area contributed by atoms with Gasteiger partial charge in [-0.25, -0.2) is 9.37 Å². The number of hydrogen-bond acceptors (Lipinski definition) is 4. The maximum absolute atomic E-state index is 13.0. The lowest BCUT2D eigenvalue weighted by Gasteiger charge is -2.15. The van der Waals surface area contributed by atoms with Gasteiger partial charge < -0.3 is 20.1 Å². The zero-order chi connectivity index (χ0) is 19.9. The number of benzene rings is 2. The van der Waals surface area contributed by atoms with Crippen LogP contribution < -0.4 is 20.1 Å². The van der Waals surface area contributed by atoms with Gasteiger partial charge >= 0.3 is 0 Å². The number of halogens is 1. The van der Waals surface area contributed by atoms with E-state index in [0.717, 1.165) is 16.7 Å². The monoisotopic (exact) mass is 380 g/mol. The van der Waals surface area contributed by atoms with Crippen molar-refractivity contribution >= 4 is 11.8 Å². The summed E-state index contributed by atoms with van der Waals surface area (Å²) in [6.07, 6.45) is 1.67. The summed E-state index contributed by atoms with van der Waals surface area (Å²) in [6, 6.07) is 15.4. The van der Waals surface area contributed by atoms with Crippen molar-refractivity contribution in [1.29, 1.82) is 5.41 Å². The predicted molar refractivity (Wildman–Crippen MR) is 107 cm³/mol. The molecule has 0 fully saturated rings. The molecule has 3 rings (SSSR count). The Morgan fingerprint density at radius 1 is 0.964 bits per heavy atom. The van der Waals surface area contributed by atoms with Crippen LogP contribution in [0.2, 0.25) is 0 Å². The highest BCUT2D eigenvalue weighted by Crippen LogP contribution is 2.27. The second-order valence-corrected chi connectivity index (χ2v) is 5.93. The minimum absolute atomic E-state index is 0.0926. The lowest BCUT2D eigenvalue weighted by Crippen LogP contribution is -2.29. The normalized spacial score (nSPS) is 10.2. The van der Waals surface area contributed by atoms with Gasteiger partial charge in [0.25, 0.3) is 0 Å². The first-order valence-corrected chi connectivity index (χ1v) is 8.62. The van der Waals surface area contributed by atoms with E-state index in [1.807, 2.05) is 24.3 Å². The number of aromatic nitrogens is 1. The quantitative estimate of drug-likeness (QED) is 0.444. The fraction of sp³-hybridized carbons (Fsp3) is 0.143. The Hall–Kier alpha value is -3.61. The summed E-state index contributed by atoms with van der Waals surface area (Å²) >= 11 is 0. The van der Waals surface area contributed by atoms with Gasteiger partial charge in [-0.3, -0.25) is 5.41 Å². The van der Waals surface area contributed by atoms with Crippen LogP contribution in [0.3, 0.4) is 0 Å². The molecule has 0 aliphatic rings. The zero-order valence-electron chi connectivity index (χ0n) is 15.6. The summed E-state index contributed by atoms with van der Waals surface area (Å²) in [6.45, 7) is 0.354. The number of ether oxygens (including phenoxy) is 2. The number of anilines is 1. The van der Waals surface area contributed by atoms with Crippen LogP contribution >= 0.6 is 0 Å². The second kappa shape index (κ2) is 8.85. The van der Waals surface area contributed by atoms with Crippen LogP contribution in [0.1, 0.15) is 5.56 Å². The average Bonchev–Trinajstić information content (AvgIpc) is 2.73. The molecule has 3 aromatic rings. The largest absolute Gasteiger partial charge is 0.496 e. The molecule has 2 aromatic carbocycles. The maximum Gasteiger partial charge on any atom is 0.194 e.